The van der Waals surface area contributed by atoms with Crippen molar-refractivity contribution in [2.45, 2.75) is 59.0 Å². The maximum Gasteiger partial charge on any atom is 0.255 e. The van der Waals surface area contributed by atoms with Gasteiger partial charge >= 0.3 is 0 Å². The number of nitrogens with zero attached hydrogens (tertiary/aromatic N) is 1. The van der Waals surface area contributed by atoms with E-state index in [1.165, 1.54) is 24.1 Å². The van der Waals surface area contributed by atoms with Gasteiger partial charge in [0.25, 0.3) is 5.56 Å². The van der Waals surface area contributed by atoms with Crippen molar-refractivity contribution in [1.82, 2.24) is 9.88 Å². The first-order valence-electron chi connectivity index (χ1n) is 8.57. The van der Waals surface area contributed by atoms with Crippen molar-refractivity contribution in [1.29, 1.82) is 0 Å². The van der Waals surface area contributed by atoms with Crippen LogP contribution in [-0.2, 0) is 30.7 Å². The topological polar surface area (TPSA) is 43.3 Å². The highest BCUT2D eigenvalue weighted by Gasteiger charge is 2.17. The summed E-state index contributed by atoms with van der Waals surface area (Å²) in [6.07, 6.45) is 5.48. The molecular weight excluding hydrogens is 276 g/mol. The van der Waals surface area contributed by atoms with Crippen molar-refractivity contribution in [3.05, 3.63) is 33.2 Å². The van der Waals surface area contributed by atoms with Crippen LogP contribution in [0.25, 0.3) is 0 Å². The summed E-state index contributed by atoms with van der Waals surface area (Å²) in [5.74, 6) is 0.599. The van der Waals surface area contributed by atoms with Crippen molar-refractivity contribution in [3.63, 3.8) is 0 Å². The molecule has 4 heteroatoms. The molecule has 0 fully saturated rings. The molecule has 1 aliphatic rings. The van der Waals surface area contributed by atoms with Crippen LogP contribution in [0.4, 0.5) is 0 Å². The van der Waals surface area contributed by atoms with Gasteiger partial charge in [-0.25, -0.2) is 0 Å². The molecule has 0 spiro atoms. The molecule has 0 aliphatic heterocycles. The number of hydrogen-bond acceptors (Lipinski definition) is 3. The van der Waals surface area contributed by atoms with Gasteiger partial charge in [-0.05, 0) is 56.2 Å². The molecule has 0 radical (unpaired) electrons. The second-order valence-corrected chi connectivity index (χ2v) is 6.68. The van der Waals surface area contributed by atoms with Crippen LogP contribution in [0.3, 0.4) is 0 Å². The van der Waals surface area contributed by atoms with Crippen molar-refractivity contribution >= 4 is 0 Å². The average Bonchev–Trinajstić information content (AvgIpc) is 2.50. The number of methoxy groups -OCH3 is 1. The molecule has 0 unspecified atom stereocenters. The molecule has 0 saturated carbocycles. The van der Waals surface area contributed by atoms with Crippen LogP contribution in [0.1, 0.15) is 49.9 Å². The SMILES string of the molecule is COCCCn1c2c(cc(CNCC(C)C)c1=O)CCCC2. The second kappa shape index (κ2) is 8.49. The van der Waals surface area contributed by atoms with Gasteiger partial charge in [0.1, 0.15) is 0 Å². The molecule has 124 valence electrons. The molecule has 0 aromatic carbocycles. The molecule has 22 heavy (non-hydrogen) atoms. The van der Waals surface area contributed by atoms with E-state index in [1.54, 1.807) is 7.11 Å². The highest BCUT2D eigenvalue weighted by Crippen LogP contribution is 2.21. The molecule has 0 atom stereocenters. The summed E-state index contributed by atoms with van der Waals surface area (Å²) in [5, 5.41) is 3.41. The Morgan fingerprint density at radius 1 is 1.32 bits per heavy atom. The van der Waals surface area contributed by atoms with Crippen LogP contribution in [0.5, 0.6) is 0 Å². The molecule has 0 amide bonds. The first-order valence-corrected chi connectivity index (χ1v) is 8.57. The Morgan fingerprint density at radius 3 is 2.82 bits per heavy atom. The third-order valence-corrected chi connectivity index (χ3v) is 4.27. The summed E-state index contributed by atoms with van der Waals surface area (Å²) in [4.78, 5) is 12.8. The van der Waals surface area contributed by atoms with E-state index in [2.05, 4.69) is 25.2 Å². The Balaban J connectivity index is 2.22. The van der Waals surface area contributed by atoms with Crippen LogP contribution in [0, 0.1) is 5.92 Å². The molecule has 1 N–H and O–H groups in total. The molecule has 1 aromatic heterocycles. The number of nitrogens with one attached hydrogen (secondary N) is 1. The van der Waals surface area contributed by atoms with E-state index in [0.29, 0.717) is 19.1 Å². The van der Waals surface area contributed by atoms with Crippen LogP contribution in [-0.4, -0.2) is 24.8 Å². The smallest absolute Gasteiger partial charge is 0.255 e. The highest BCUT2D eigenvalue weighted by molar-refractivity contribution is 5.29. The lowest BCUT2D eigenvalue weighted by Gasteiger charge is -2.22. The van der Waals surface area contributed by atoms with Gasteiger partial charge in [0.05, 0.1) is 0 Å². The standard InChI is InChI=1S/C18H30N2O2/c1-14(2)12-19-13-16-11-15-7-4-5-8-17(15)20(18(16)21)9-6-10-22-3/h11,14,19H,4-10,12-13H2,1-3H3. The minimum Gasteiger partial charge on any atom is -0.385 e. The normalized spacial score (nSPS) is 14.4. The summed E-state index contributed by atoms with van der Waals surface area (Å²) >= 11 is 0. The largest absolute Gasteiger partial charge is 0.385 e. The number of aryl methyl sites for hydroxylation is 1. The lowest BCUT2D eigenvalue weighted by molar-refractivity contribution is 0.189. The van der Waals surface area contributed by atoms with Crippen molar-refractivity contribution in [2.24, 2.45) is 5.92 Å². The zero-order chi connectivity index (χ0) is 15.9. The van der Waals surface area contributed by atoms with Crippen LogP contribution >= 0.6 is 0 Å². The summed E-state index contributed by atoms with van der Waals surface area (Å²) in [7, 11) is 1.71. The predicted octanol–water partition coefficient (Wildman–Crippen LogP) is 2.51. The lowest BCUT2D eigenvalue weighted by atomic mass is 9.94. The number of hydrogen-bond donors (Lipinski definition) is 1. The highest BCUT2D eigenvalue weighted by atomic mass is 16.5. The van der Waals surface area contributed by atoms with Gasteiger partial charge in [-0.1, -0.05) is 13.8 Å². The Kier molecular flexibility index (Phi) is 6.65. The van der Waals surface area contributed by atoms with Gasteiger partial charge in [-0.15, -0.1) is 0 Å². The fourth-order valence-electron chi connectivity index (χ4n) is 3.17. The first kappa shape index (κ1) is 17.2. The summed E-state index contributed by atoms with van der Waals surface area (Å²) in [5.41, 5.74) is 3.75. The zero-order valence-electron chi connectivity index (χ0n) is 14.3. The Labute approximate surface area is 133 Å². The Bertz CT molecular complexity index is 535. The fourth-order valence-corrected chi connectivity index (χ4v) is 3.17. The summed E-state index contributed by atoms with van der Waals surface area (Å²) < 4.78 is 7.16. The van der Waals surface area contributed by atoms with E-state index >= 15 is 0 Å². The van der Waals surface area contributed by atoms with Crippen molar-refractivity contribution in [2.75, 3.05) is 20.3 Å². The molecular formula is C18H30N2O2. The van der Waals surface area contributed by atoms with Gasteiger partial charge in [-0.2, -0.15) is 0 Å². The summed E-state index contributed by atoms with van der Waals surface area (Å²) in [6, 6.07) is 2.15. The number of pyridine rings is 1. The number of ether oxygens (including phenoxy) is 1. The molecule has 1 aromatic rings. The molecule has 1 aliphatic carbocycles. The fraction of sp³-hybridized carbons (Fsp3) is 0.722. The van der Waals surface area contributed by atoms with Crippen LogP contribution in [0.2, 0.25) is 0 Å². The maximum atomic E-state index is 12.8. The third kappa shape index (κ3) is 4.43. The van der Waals surface area contributed by atoms with E-state index in [4.69, 9.17) is 4.74 Å². The van der Waals surface area contributed by atoms with Crippen molar-refractivity contribution in [3.8, 4) is 0 Å². The minimum absolute atomic E-state index is 0.188. The van der Waals surface area contributed by atoms with Gasteiger partial charge in [-0.3, -0.25) is 4.79 Å². The predicted molar refractivity (Wildman–Crippen MR) is 90.4 cm³/mol. The van der Waals surface area contributed by atoms with Gasteiger partial charge in [0.15, 0.2) is 0 Å². The zero-order valence-corrected chi connectivity index (χ0v) is 14.3. The molecule has 4 nitrogen and oxygen atoms in total. The number of fused-ring (bicyclic) bond motifs is 1. The van der Waals surface area contributed by atoms with E-state index in [9.17, 15) is 4.79 Å². The molecule has 0 bridgehead atoms. The molecule has 0 saturated heterocycles. The Morgan fingerprint density at radius 2 is 2.09 bits per heavy atom. The number of aromatic nitrogens is 1. The van der Waals surface area contributed by atoms with Gasteiger partial charge in [0, 0.05) is 38.1 Å². The van der Waals surface area contributed by atoms with E-state index in [-0.39, 0.29) is 5.56 Å². The minimum atomic E-state index is 0.188. The van der Waals surface area contributed by atoms with Gasteiger partial charge in [0.2, 0.25) is 0 Å². The Hall–Kier alpha value is -1.13. The van der Waals surface area contributed by atoms with E-state index in [1.807, 2.05) is 4.57 Å². The lowest BCUT2D eigenvalue weighted by Crippen LogP contribution is -2.32. The van der Waals surface area contributed by atoms with Gasteiger partial charge < -0.3 is 14.6 Å². The third-order valence-electron chi connectivity index (χ3n) is 4.27. The number of rotatable bonds is 8. The second-order valence-electron chi connectivity index (χ2n) is 6.68. The van der Waals surface area contributed by atoms with E-state index in [0.717, 1.165) is 37.9 Å². The van der Waals surface area contributed by atoms with Crippen LogP contribution in [0.15, 0.2) is 10.9 Å². The quantitative estimate of drug-likeness (QED) is 0.751. The average molecular weight is 306 g/mol. The molecule has 2 rings (SSSR count). The van der Waals surface area contributed by atoms with Crippen molar-refractivity contribution < 1.29 is 4.74 Å². The summed E-state index contributed by atoms with van der Waals surface area (Å²) in [6.45, 7) is 7.46. The monoisotopic (exact) mass is 306 g/mol. The maximum absolute atomic E-state index is 12.8. The van der Waals surface area contributed by atoms with Crippen LogP contribution < -0.4 is 10.9 Å². The first-order chi connectivity index (χ1) is 10.6. The molecule has 1 heterocycles. The van der Waals surface area contributed by atoms with E-state index < -0.39 is 0 Å².